The van der Waals surface area contributed by atoms with Crippen LogP contribution >= 0.6 is 11.3 Å². The van der Waals surface area contributed by atoms with Gasteiger partial charge in [0.1, 0.15) is 0 Å². The van der Waals surface area contributed by atoms with E-state index in [1.807, 2.05) is 36.4 Å². The van der Waals surface area contributed by atoms with Crippen LogP contribution in [0, 0.1) is 0 Å². The molecule has 0 atom stereocenters. The monoisotopic (exact) mass is 452 g/mol. The number of thiazole rings is 1. The summed E-state index contributed by atoms with van der Waals surface area (Å²) in [6, 6.07) is 16.0. The van der Waals surface area contributed by atoms with E-state index in [4.69, 9.17) is 0 Å². The molecule has 2 amide bonds. The third kappa shape index (κ3) is 5.25. The van der Waals surface area contributed by atoms with Gasteiger partial charge in [-0.15, -0.1) is 0 Å². The predicted molar refractivity (Wildman–Crippen MR) is 123 cm³/mol. The summed E-state index contributed by atoms with van der Waals surface area (Å²) in [5, 5.41) is 6.08. The van der Waals surface area contributed by atoms with Gasteiger partial charge in [0, 0.05) is 25.2 Å². The maximum Gasteiger partial charge on any atom is 0.321 e. The Bertz CT molecular complexity index is 1340. The van der Waals surface area contributed by atoms with Crippen LogP contribution in [0.5, 0.6) is 0 Å². The number of anilines is 1. The number of benzene rings is 2. The van der Waals surface area contributed by atoms with Gasteiger partial charge in [0.05, 0.1) is 15.1 Å². The van der Waals surface area contributed by atoms with Crippen LogP contribution in [0.2, 0.25) is 0 Å². The van der Waals surface area contributed by atoms with Gasteiger partial charge in [-0.2, -0.15) is 0 Å². The van der Waals surface area contributed by atoms with Crippen molar-refractivity contribution in [3.05, 3.63) is 72.6 Å². The van der Waals surface area contributed by atoms with E-state index in [1.165, 1.54) is 17.6 Å². The van der Waals surface area contributed by atoms with Crippen molar-refractivity contribution in [3.63, 3.8) is 0 Å². The summed E-state index contributed by atoms with van der Waals surface area (Å²) in [7, 11) is -3.28. The van der Waals surface area contributed by atoms with Gasteiger partial charge in [0.2, 0.25) is 0 Å². The fourth-order valence-electron chi connectivity index (χ4n) is 3.07. The number of pyridine rings is 1. The number of amides is 2. The van der Waals surface area contributed by atoms with Gasteiger partial charge in [-0.1, -0.05) is 35.6 Å². The SMILES string of the molecule is CS(=O)(=O)c1cccc(-c2ccc3nc(NC(=O)NCCc4cccnc4)sc3c2)c1. The number of urea groups is 1. The first-order valence-corrected chi connectivity index (χ1v) is 12.2. The molecule has 0 aliphatic rings. The maximum absolute atomic E-state index is 12.2. The van der Waals surface area contributed by atoms with E-state index in [9.17, 15) is 13.2 Å². The molecule has 0 saturated heterocycles. The van der Waals surface area contributed by atoms with Crippen LogP contribution in [-0.2, 0) is 16.3 Å². The van der Waals surface area contributed by atoms with Crippen LogP contribution in [0.1, 0.15) is 5.56 Å². The molecule has 31 heavy (non-hydrogen) atoms. The normalized spacial score (nSPS) is 11.4. The van der Waals surface area contributed by atoms with Crippen LogP contribution < -0.4 is 10.6 Å². The van der Waals surface area contributed by atoms with Gasteiger partial charge in [0.15, 0.2) is 15.0 Å². The standard InChI is InChI=1S/C22H20N4O3S2/c1-31(28,29)18-6-2-5-16(12-18)17-7-8-19-20(13-17)30-22(25-19)26-21(27)24-11-9-15-4-3-10-23-14-15/h2-8,10,12-14H,9,11H2,1H3,(H2,24,25,26,27). The van der Waals surface area contributed by atoms with Crippen LogP contribution in [-0.4, -0.2) is 37.2 Å². The number of hydrogen-bond acceptors (Lipinski definition) is 6. The lowest BCUT2D eigenvalue weighted by Gasteiger charge is -2.05. The summed E-state index contributed by atoms with van der Waals surface area (Å²) in [5.74, 6) is 0. The second-order valence-electron chi connectivity index (χ2n) is 6.99. The highest BCUT2D eigenvalue weighted by Gasteiger charge is 2.11. The molecule has 0 aliphatic carbocycles. The van der Waals surface area contributed by atoms with E-state index in [-0.39, 0.29) is 10.9 Å². The molecule has 0 unspecified atom stereocenters. The van der Waals surface area contributed by atoms with Gasteiger partial charge in [-0.25, -0.2) is 18.2 Å². The quantitative estimate of drug-likeness (QED) is 0.458. The summed E-state index contributed by atoms with van der Waals surface area (Å²) >= 11 is 1.36. The molecular weight excluding hydrogens is 432 g/mol. The summed E-state index contributed by atoms with van der Waals surface area (Å²) in [4.78, 5) is 21.0. The molecule has 0 bridgehead atoms. The number of nitrogens with zero attached hydrogens (tertiary/aromatic N) is 2. The van der Waals surface area contributed by atoms with E-state index in [0.29, 0.717) is 18.1 Å². The van der Waals surface area contributed by atoms with Crippen LogP contribution in [0.3, 0.4) is 0 Å². The molecule has 2 aromatic carbocycles. The second kappa shape index (κ2) is 8.83. The predicted octanol–water partition coefficient (Wildman–Crippen LogP) is 4.13. The lowest BCUT2D eigenvalue weighted by molar-refractivity contribution is 0.252. The summed E-state index contributed by atoms with van der Waals surface area (Å²) < 4.78 is 24.6. The third-order valence-electron chi connectivity index (χ3n) is 4.63. The van der Waals surface area contributed by atoms with Crippen LogP contribution in [0.25, 0.3) is 21.3 Å². The topological polar surface area (TPSA) is 101 Å². The molecule has 4 aromatic rings. The van der Waals surface area contributed by atoms with E-state index >= 15 is 0 Å². The van der Waals surface area contributed by atoms with Crippen molar-refractivity contribution >= 4 is 42.6 Å². The Kier molecular flexibility index (Phi) is 5.97. The largest absolute Gasteiger partial charge is 0.337 e. The Balaban J connectivity index is 1.45. The minimum absolute atomic E-state index is 0.278. The molecule has 9 heteroatoms. The number of sulfone groups is 1. The highest BCUT2D eigenvalue weighted by Crippen LogP contribution is 2.31. The average Bonchev–Trinajstić information content (AvgIpc) is 3.15. The molecule has 7 nitrogen and oxygen atoms in total. The molecule has 0 radical (unpaired) electrons. The van der Waals surface area contributed by atoms with Crippen LogP contribution in [0.15, 0.2) is 71.9 Å². The minimum atomic E-state index is -3.28. The molecule has 158 valence electrons. The van der Waals surface area contributed by atoms with E-state index in [1.54, 1.807) is 30.6 Å². The first kappa shape index (κ1) is 21.0. The zero-order valence-electron chi connectivity index (χ0n) is 16.7. The van der Waals surface area contributed by atoms with E-state index in [2.05, 4.69) is 20.6 Å². The first-order chi connectivity index (χ1) is 14.9. The molecule has 4 rings (SSSR count). The van der Waals surface area contributed by atoms with Crippen molar-refractivity contribution in [3.8, 4) is 11.1 Å². The van der Waals surface area contributed by atoms with Crippen molar-refractivity contribution < 1.29 is 13.2 Å². The Morgan fingerprint density at radius 2 is 1.90 bits per heavy atom. The van der Waals surface area contributed by atoms with Gasteiger partial charge in [-0.3, -0.25) is 10.3 Å². The first-order valence-electron chi connectivity index (χ1n) is 9.53. The number of aromatic nitrogens is 2. The molecule has 2 aromatic heterocycles. The smallest absolute Gasteiger partial charge is 0.321 e. The van der Waals surface area contributed by atoms with E-state index in [0.717, 1.165) is 26.9 Å². The molecule has 2 N–H and O–H groups in total. The van der Waals surface area contributed by atoms with Gasteiger partial charge in [0.25, 0.3) is 0 Å². The number of carbonyl (C=O) groups is 1. The fraction of sp³-hybridized carbons (Fsp3) is 0.136. The molecule has 0 saturated carbocycles. The molecule has 0 fully saturated rings. The average molecular weight is 453 g/mol. The van der Waals surface area contributed by atoms with Gasteiger partial charge >= 0.3 is 6.03 Å². The van der Waals surface area contributed by atoms with Gasteiger partial charge in [-0.05, 0) is 53.4 Å². The molecular formula is C22H20N4O3S2. The molecule has 0 aliphatic heterocycles. The van der Waals surface area contributed by atoms with Crippen molar-refractivity contribution in [1.29, 1.82) is 0 Å². The number of carbonyl (C=O) groups excluding carboxylic acids is 1. The van der Waals surface area contributed by atoms with Crippen molar-refractivity contribution in [2.24, 2.45) is 0 Å². The van der Waals surface area contributed by atoms with E-state index < -0.39 is 9.84 Å². The summed E-state index contributed by atoms with van der Waals surface area (Å²) in [5.41, 5.74) is 3.50. The molecule has 0 spiro atoms. The maximum atomic E-state index is 12.2. The van der Waals surface area contributed by atoms with Crippen molar-refractivity contribution in [2.75, 3.05) is 18.1 Å². The second-order valence-corrected chi connectivity index (χ2v) is 10.0. The zero-order valence-corrected chi connectivity index (χ0v) is 18.3. The number of fused-ring (bicyclic) bond motifs is 1. The van der Waals surface area contributed by atoms with Crippen molar-refractivity contribution in [1.82, 2.24) is 15.3 Å². The summed E-state index contributed by atoms with van der Waals surface area (Å²) in [6.45, 7) is 0.489. The van der Waals surface area contributed by atoms with Gasteiger partial charge < -0.3 is 5.32 Å². The lowest BCUT2D eigenvalue weighted by atomic mass is 10.1. The number of hydrogen-bond donors (Lipinski definition) is 2. The number of nitrogens with one attached hydrogen (secondary N) is 2. The fourth-order valence-corrected chi connectivity index (χ4v) is 4.64. The minimum Gasteiger partial charge on any atom is -0.337 e. The van der Waals surface area contributed by atoms with Crippen molar-refractivity contribution in [2.45, 2.75) is 11.3 Å². The molecule has 2 heterocycles. The summed E-state index contributed by atoms with van der Waals surface area (Å²) in [6.07, 6.45) is 5.37. The highest BCUT2D eigenvalue weighted by molar-refractivity contribution is 7.90. The Hall–Kier alpha value is -3.30. The van der Waals surface area contributed by atoms with Crippen LogP contribution in [0.4, 0.5) is 9.93 Å². The third-order valence-corrected chi connectivity index (χ3v) is 6.67. The Labute approximate surface area is 184 Å². The Morgan fingerprint density at radius 1 is 1.06 bits per heavy atom. The lowest BCUT2D eigenvalue weighted by Crippen LogP contribution is -2.30. The Morgan fingerprint density at radius 3 is 2.68 bits per heavy atom. The number of rotatable bonds is 6. The zero-order chi connectivity index (χ0) is 21.8. The highest BCUT2D eigenvalue weighted by atomic mass is 32.2.